The second-order valence-corrected chi connectivity index (χ2v) is 11.1. The summed E-state index contributed by atoms with van der Waals surface area (Å²) in [5.74, 6) is 0.772. The zero-order valence-corrected chi connectivity index (χ0v) is 24.1. The van der Waals surface area contributed by atoms with Gasteiger partial charge in [0.15, 0.2) is 6.29 Å². The zero-order valence-electron chi connectivity index (χ0n) is 24.1. The Labute approximate surface area is 235 Å². The van der Waals surface area contributed by atoms with Gasteiger partial charge in [-0.25, -0.2) is 0 Å². The summed E-state index contributed by atoms with van der Waals surface area (Å²) in [6.07, 6.45) is 6.77. The Hall–Kier alpha value is -3.62. The second-order valence-electron chi connectivity index (χ2n) is 11.1. The first-order valence-electron chi connectivity index (χ1n) is 13.9. The zero-order chi connectivity index (χ0) is 28.6. The Balaban J connectivity index is 1.74. The molecule has 1 aromatic heterocycles. The van der Waals surface area contributed by atoms with E-state index in [-0.39, 0.29) is 18.4 Å². The molecule has 8 nitrogen and oxygen atoms in total. The van der Waals surface area contributed by atoms with Crippen molar-refractivity contribution in [2.75, 3.05) is 41.9 Å². The summed E-state index contributed by atoms with van der Waals surface area (Å²) in [5, 5.41) is 11.6. The van der Waals surface area contributed by atoms with Crippen LogP contribution in [0.25, 0.3) is 28.2 Å². The minimum Gasteiger partial charge on any atom is -0.497 e. The maximum Gasteiger partial charge on any atom is 0.251 e. The first-order chi connectivity index (χ1) is 19.2. The van der Waals surface area contributed by atoms with Crippen molar-refractivity contribution in [3.8, 4) is 17.0 Å². The van der Waals surface area contributed by atoms with Crippen molar-refractivity contribution < 1.29 is 24.2 Å². The molecule has 2 amide bonds. The number of nitrogens with zero attached hydrogens (tertiary/aromatic N) is 3. The van der Waals surface area contributed by atoms with Gasteiger partial charge in [-0.2, -0.15) is 0 Å². The van der Waals surface area contributed by atoms with Gasteiger partial charge in [0.25, 0.3) is 5.91 Å². The van der Waals surface area contributed by atoms with Crippen molar-refractivity contribution in [3.63, 3.8) is 0 Å². The fourth-order valence-corrected chi connectivity index (χ4v) is 6.14. The molecule has 212 valence electrons. The lowest BCUT2D eigenvalue weighted by Crippen LogP contribution is -2.38. The highest BCUT2D eigenvalue weighted by molar-refractivity contribution is 6.03. The number of hydrogen-bond acceptors (Lipinski definition) is 5. The lowest BCUT2D eigenvalue weighted by molar-refractivity contribution is -0.136. The number of aliphatic hydroxyl groups excluding tert-OH is 1. The predicted molar refractivity (Wildman–Crippen MR) is 156 cm³/mol. The molecule has 1 saturated carbocycles. The molecule has 1 unspecified atom stereocenters. The van der Waals surface area contributed by atoms with Gasteiger partial charge in [-0.15, -0.1) is 0 Å². The van der Waals surface area contributed by atoms with E-state index in [1.54, 1.807) is 28.3 Å². The van der Waals surface area contributed by atoms with Gasteiger partial charge < -0.3 is 28.9 Å². The van der Waals surface area contributed by atoms with Crippen LogP contribution in [0.1, 0.15) is 61.0 Å². The van der Waals surface area contributed by atoms with Gasteiger partial charge in [-0.3, -0.25) is 9.59 Å². The Bertz CT molecular complexity index is 1460. The number of rotatable bonds is 7. The Kier molecular flexibility index (Phi) is 8.01. The minimum absolute atomic E-state index is 0.00900. The normalized spacial score (nSPS) is 16.0. The molecule has 1 aliphatic heterocycles. The molecule has 1 aliphatic carbocycles. The molecule has 3 aromatic rings. The van der Waals surface area contributed by atoms with Crippen LogP contribution in [0, 0.1) is 0 Å². The molecular weight excluding hydrogens is 506 g/mol. The molecule has 1 N–H and O–H groups in total. The average Bonchev–Trinajstić information content (AvgIpc) is 3.18. The van der Waals surface area contributed by atoms with Gasteiger partial charge in [-0.1, -0.05) is 31.4 Å². The van der Waals surface area contributed by atoms with Gasteiger partial charge in [0.1, 0.15) is 5.75 Å². The summed E-state index contributed by atoms with van der Waals surface area (Å²) < 4.78 is 13.0. The highest BCUT2D eigenvalue weighted by Crippen LogP contribution is 2.47. The molecule has 0 spiro atoms. The van der Waals surface area contributed by atoms with E-state index in [4.69, 9.17) is 9.47 Å². The van der Waals surface area contributed by atoms with Crippen LogP contribution >= 0.6 is 0 Å². The van der Waals surface area contributed by atoms with Gasteiger partial charge in [0.2, 0.25) is 5.91 Å². The Morgan fingerprint density at radius 1 is 1.05 bits per heavy atom. The van der Waals surface area contributed by atoms with E-state index < -0.39 is 6.29 Å². The molecule has 2 aliphatic rings. The number of likely N-dealkylation sites (N-methyl/N-ethyl adjacent to an activating group) is 2. The van der Waals surface area contributed by atoms with Crippen LogP contribution in [0.3, 0.4) is 0 Å². The third-order valence-electron chi connectivity index (χ3n) is 8.31. The molecular formula is C32H39N3O5. The van der Waals surface area contributed by atoms with Crippen LogP contribution in [-0.2, 0) is 20.9 Å². The molecule has 40 heavy (non-hydrogen) atoms. The fraction of sp³-hybridized carbons (Fsp3) is 0.438. The van der Waals surface area contributed by atoms with Gasteiger partial charge >= 0.3 is 0 Å². The molecule has 2 heterocycles. The van der Waals surface area contributed by atoms with Crippen molar-refractivity contribution in [1.82, 2.24) is 14.4 Å². The van der Waals surface area contributed by atoms with Crippen LogP contribution < -0.4 is 4.74 Å². The van der Waals surface area contributed by atoms with Gasteiger partial charge in [0, 0.05) is 55.9 Å². The Morgan fingerprint density at radius 2 is 1.80 bits per heavy atom. The number of amides is 2. The summed E-state index contributed by atoms with van der Waals surface area (Å²) >= 11 is 0. The van der Waals surface area contributed by atoms with Gasteiger partial charge in [-0.05, 0) is 60.2 Å². The van der Waals surface area contributed by atoms with Crippen LogP contribution in [0.15, 0.2) is 42.0 Å². The molecule has 0 bridgehead atoms. The van der Waals surface area contributed by atoms with Crippen LogP contribution in [-0.4, -0.2) is 73.2 Å². The lowest BCUT2D eigenvalue weighted by Gasteiger charge is -2.24. The maximum atomic E-state index is 13.8. The smallest absolute Gasteiger partial charge is 0.251 e. The topological polar surface area (TPSA) is 84.2 Å². The van der Waals surface area contributed by atoms with E-state index in [2.05, 4.69) is 16.7 Å². The number of aliphatic hydroxyl groups is 1. The summed E-state index contributed by atoms with van der Waals surface area (Å²) in [6.45, 7) is 0.326. The van der Waals surface area contributed by atoms with Crippen molar-refractivity contribution in [3.05, 3.63) is 58.7 Å². The third kappa shape index (κ3) is 5.13. The minimum atomic E-state index is -1.05. The highest BCUT2D eigenvalue weighted by Gasteiger charge is 2.31. The largest absolute Gasteiger partial charge is 0.497 e. The second kappa shape index (κ2) is 11.5. The quantitative estimate of drug-likeness (QED) is 0.425. The van der Waals surface area contributed by atoms with Gasteiger partial charge in [0.05, 0.1) is 25.9 Å². The highest BCUT2D eigenvalue weighted by atomic mass is 16.6. The first-order valence-corrected chi connectivity index (χ1v) is 13.9. The summed E-state index contributed by atoms with van der Waals surface area (Å²) in [6, 6.07) is 12.0. The number of fused-ring (bicyclic) bond motifs is 5. The molecule has 8 heteroatoms. The van der Waals surface area contributed by atoms with E-state index in [1.807, 2.05) is 30.3 Å². The molecule has 2 aromatic carbocycles. The van der Waals surface area contributed by atoms with E-state index in [0.717, 1.165) is 40.6 Å². The Morgan fingerprint density at radius 3 is 2.48 bits per heavy atom. The molecule has 5 rings (SSSR count). The summed E-state index contributed by atoms with van der Waals surface area (Å²) in [7, 11) is 8.16. The van der Waals surface area contributed by atoms with Crippen molar-refractivity contribution >= 4 is 28.8 Å². The first kappa shape index (κ1) is 27.9. The summed E-state index contributed by atoms with van der Waals surface area (Å²) in [5.41, 5.74) is 6.56. The van der Waals surface area contributed by atoms with E-state index in [1.165, 1.54) is 41.7 Å². The van der Waals surface area contributed by atoms with E-state index in [9.17, 15) is 14.7 Å². The number of carbonyl (C=O) groups excluding carboxylic acids is 2. The van der Waals surface area contributed by atoms with Crippen molar-refractivity contribution in [2.45, 2.75) is 50.9 Å². The maximum absolute atomic E-state index is 13.8. The van der Waals surface area contributed by atoms with Crippen molar-refractivity contribution in [2.24, 2.45) is 0 Å². The molecule has 1 atom stereocenters. The van der Waals surface area contributed by atoms with Crippen LogP contribution in [0.2, 0.25) is 0 Å². The fourth-order valence-electron chi connectivity index (χ4n) is 6.14. The predicted octanol–water partition coefficient (Wildman–Crippen LogP) is 4.95. The lowest BCUT2D eigenvalue weighted by atomic mass is 9.81. The standard InChI is InChI=1S/C32H39N3O5/c1-33(2)28(36)19-34(3)31(37)23-15-22-16-24(39-4)12-14-25(22)30-29(20-9-7-6-8-10-20)26-13-11-21(32(38)40-5)17-27(26)35(30)18-23/h11-17,20,32,38H,6-10,18-19H2,1-5H3. The molecule has 1 fully saturated rings. The SMILES string of the molecule is COc1ccc2c(c1)C=C(C(=O)N(C)CC(=O)N(C)C)Cn1c-2c(C2CCCCC2)c2ccc(C(O)OC)cc21. The molecule has 0 radical (unpaired) electrons. The number of carbonyl (C=O) groups is 2. The number of benzene rings is 2. The van der Waals surface area contributed by atoms with Crippen LogP contribution in [0.4, 0.5) is 0 Å². The van der Waals surface area contributed by atoms with E-state index >= 15 is 0 Å². The van der Waals surface area contributed by atoms with E-state index in [0.29, 0.717) is 29.3 Å². The third-order valence-corrected chi connectivity index (χ3v) is 8.31. The summed E-state index contributed by atoms with van der Waals surface area (Å²) in [4.78, 5) is 29.2. The number of ether oxygens (including phenoxy) is 2. The average molecular weight is 546 g/mol. The number of hydrogen-bond donors (Lipinski definition) is 1. The van der Waals surface area contributed by atoms with Crippen LogP contribution in [0.5, 0.6) is 5.75 Å². The van der Waals surface area contributed by atoms with Crippen molar-refractivity contribution in [1.29, 1.82) is 0 Å². The number of methoxy groups -OCH3 is 2. The number of aromatic nitrogens is 1. The monoisotopic (exact) mass is 545 g/mol. The molecule has 0 saturated heterocycles.